The third-order valence-electron chi connectivity index (χ3n) is 3.28. The molecular formula is C15H25N3O3S. The van der Waals surface area contributed by atoms with Gasteiger partial charge in [-0.3, -0.25) is 4.79 Å². The van der Waals surface area contributed by atoms with Gasteiger partial charge in [0.2, 0.25) is 15.9 Å². The van der Waals surface area contributed by atoms with Gasteiger partial charge >= 0.3 is 0 Å². The lowest BCUT2D eigenvalue weighted by Gasteiger charge is -2.14. The average molecular weight is 327 g/mol. The molecule has 0 aliphatic rings. The number of aryl methyl sites for hydroxylation is 3. The van der Waals surface area contributed by atoms with Gasteiger partial charge in [-0.1, -0.05) is 17.7 Å². The molecule has 0 radical (unpaired) electrons. The van der Waals surface area contributed by atoms with E-state index in [0.717, 1.165) is 5.56 Å². The third kappa shape index (κ3) is 5.08. The fourth-order valence-electron chi connectivity index (χ4n) is 2.37. The van der Waals surface area contributed by atoms with Crippen molar-refractivity contribution in [3.8, 4) is 0 Å². The number of hydrogen-bond donors (Lipinski definition) is 3. The Kier molecular flexibility index (Phi) is 6.52. The Labute approximate surface area is 132 Å². The summed E-state index contributed by atoms with van der Waals surface area (Å²) in [6, 6.07) is 3.54. The molecule has 7 heteroatoms. The predicted molar refractivity (Wildman–Crippen MR) is 87.1 cm³/mol. The van der Waals surface area contributed by atoms with Crippen molar-refractivity contribution >= 4 is 15.9 Å². The van der Waals surface area contributed by atoms with Gasteiger partial charge in [-0.25, -0.2) is 13.1 Å². The highest BCUT2D eigenvalue weighted by Gasteiger charge is 2.19. The maximum atomic E-state index is 12.4. The van der Waals surface area contributed by atoms with Crippen LogP contribution in [0.1, 0.15) is 30.0 Å². The maximum Gasteiger partial charge on any atom is 0.241 e. The largest absolute Gasteiger partial charge is 0.352 e. The van der Waals surface area contributed by atoms with E-state index in [0.29, 0.717) is 17.7 Å². The van der Waals surface area contributed by atoms with Crippen LogP contribution in [0.4, 0.5) is 0 Å². The molecule has 22 heavy (non-hydrogen) atoms. The highest BCUT2D eigenvalue weighted by molar-refractivity contribution is 7.89. The summed E-state index contributed by atoms with van der Waals surface area (Å²) in [6.07, 6.45) is 0.0769. The first-order valence-electron chi connectivity index (χ1n) is 7.24. The van der Waals surface area contributed by atoms with Gasteiger partial charge in [-0.2, -0.15) is 0 Å². The minimum absolute atomic E-state index is 0.0538. The van der Waals surface area contributed by atoms with Crippen molar-refractivity contribution in [2.24, 2.45) is 5.73 Å². The van der Waals surface area contributed by atoms with E-state index < -0.39 is 10.0 Å². The molecule has 6 nitrogen and oxygen atoms in total. The summed E-state index contributed by atoms with van der Waals surface area (Å²) in [4.78, 5) is 11.9. The molecule has 1 aromatic rings. The van der Waals surface area contributed by atoms with Crippen LogP contribution in [-0.4, -0.2) is 33.5 Å². The van der Waals surface area contributed by atoms with Gasteiger partial charge in [0.25, 0.3) is 0 Å². The van der Waals surface area contributed by atoms with Crippen LogP contribution >= 0.6 is 0 Å². The predicted octanol–water partition coefficient (Wildman–Crippen LogP) is 0.744. The molecule has 0 heterocycles. The van der Waals surface area contributed by atoms with E-state index in [4.69, 9.17) is 5.73 Å². The Morgan fingerprint density at radius 2 is 1.77 bits per heavy atom. The van der Waals surface area contributed by atoms with Gasteiger partial charge in [0.15, 0.2) is 0 Å². The van der Waals surface area contributed by atoms with E-state index in [9.17, 15) is 13.2 Å². The smallest absolute Gasteiger partial charge is 0.241 e. The summed E-state index contributed by atoms with van der Waals surface area (Å²) in [5, 5.41) is 2.69. The Bertz CT molecular complexity index is 618. The van der Waals surface area contributed by atoms with Crippen LogP contribution in [0.5, 0.6) is 0 Å². The molecule has 0 aliphatic heterocycles. The van der Waals surface area contributed by atoms with E-state index >= 15 is 0 Å². The van der Waals surface area contributed by atoms with Gasteiger partial charge in [-0.05, 0) is 38.8 Å². The first-order chi connectivity index (χ1) is 10.2. The maximum absolute atomic E-state index is 12.4. The first-order valence-corrected chi connectivity index (χ1v) is 8.72. The molecule has 0 aromatic heterocycles. The quantitative estimate of drug-likeness (QED) is 0.687. The average Bonchev–Trinajstić information content (AvgIpc) is 2.36. The van der Waals surface area contributed by atoms with Gasteiger partial charge in [-0.15, -0.1) is 0 Å². The van der Waals surface area contributed by atoms with Gasteiger partial charge in [0, 0.05) is 25.6 Å². The third-order valence-corrected chi connectivity index (χ3v) is 5.04. The van der Waals surface area contributed by atoms with Crippen molar-refractivity contribution in [3.63, 3.8) is 0 Å². The molecule has 124 valence electrons. The van der Waals surface area contributed by atoms with E-state index in [1.54, 1.807) is 20.8 Å². The van der Waals surface area contributed by atoms with Crippen LogP contribution < -0.4 is 15.8 Å². The number of benzene rings is 1. The van der Waals surface area contributed by atoms with Crippen molar-refractivity contribution < 1.29 is 13.2 Å². The van der Waals surface area contributed by atoms with Crippen LogP contribution in [0.3, 0.4) is 0 Å². The summed E-state index contributed by atoms with van der Waals surface area (Å²) in [6.45, 7) is 7.65. The van der Waals surface area contributed by atoms with Crippen molar-refractivity contribution in [3.05, 3.63) is 28.8 Å². The van der Waals surface area contributed by atoms with Crippen molar-refractivity contribution in [1.82, 2.24) is 10.0 Å². The van der Waals surface area contributed by atoms with Gasteiger partial charge in [0.05, 0.1) is 4.90 Å². The number of nitrogens with one attached hydrogen (secondary N) is 2. The minimum Gasteiger partial charge on any atom is -0.352 e. The zero-order chi connectivity index (χ0) is 16.9. The lowest BCUT2D eigenvalue weighted by molar-refractivity contribution is -0.121. The second kappa shape index (κ2) is 7.71. The van der Waals surface area contributed by atoms with Gasteiger partial charge < -0.3 is 11.1 Å². The zero-order valence-electron chi connectivity index (χ0n) is 13.6. The van der Waals surface area contributed by atoms with Crippen LogP contribution in [-0.2, 0) is 14.8 Å². The summed E-state index contributed by atoms with van der Waals surface area (Å²) in [7, 11) is -3.62. The molecule has 1 amide bonds. The standard InChI is InChI=1S/C15H25N3O3S/c1-10-7-11(2)15(12(3)8-10)22(20,21)17-6-5-14(19)18-13(4)9-16/h7-8,13,17H,5-6,9,16H2,1-4H3,(H,18,19)/t13-/m0/s1. The summed E-state index contributed by atoms with van der Waals surface area (Å²) in [5.41, 5.74) is 7.83. The number of rotatable bonds is 7. The van der Waals surface area contributed by atoms with E-state index in [-0.39, 0.29) is 29.8 Å². The van der Waals surface area contributed by atoms with E-state index in [1.807, 2.05) is 19.1 Å². The number of carbonyl (C=O) groups is 1. The van der Waals surface area contributed by atoms with Crippen molar-refractivity contribution in [2.75, 3.05) is 13.1 Å². The normalized spacial score (nSPS) is 13.0. The first kappa shape index (κ1) is 18.6. The monoisotopic (exact) mass is 327 g/mol. The molecule has 0 unspecified atom stereocenters. The van der Waals surface area contributed by atoms with Crippen LogP contribution in [0, 0.1) is 20.8 Å². The molecule has 0 fully saturated rings. The van der Waals surface area contributed by atoms with Crippen molar-refractivity contribution in [2.45, 2.75) is 45.1 Å². The van der Waals surface area contributed by atoms with Crippen LogP contribution in [0.25, 0.3) is 0 Å². The highest BCUT2D eigenvalue weighted by atomic mass is 32.2. The van der Waals surface area contributed by atoms with Crippen LogP contribution in [0.2, 0.25) is 0 Å². The Balaban J connectivity index is 2.72. The van der Waals surface area contributed by atoms with Crippen molar-refractivity contribution in [1.29, 1.82) is 0 Å². The second-order valence-corrected chi connectivity index (χ2v) is 7.28. The molecule has 0 saturated heterocycles. The summed E-state index contributed by atoms with van der Waals surface area (Å²) in [5.74, 6) is -0.224. The number of nitrogens with two attached hydrogens (primary N) is 1. The number of carbonyl (C=O) groups excluding carboxylic acids is 1. The number of hydrogen-bond acceptors (Lipinski definition) is 4. The zero-order valence-corrected chi connectivity index (χ0v) is 14.4. The number of sulfonamides is 1. The summed E-state index contributed by atoms with van der Waals surface area (Å²) >= 11 is 0. The second-order valence-electron chi connectivity index (χ2n) is 5.58. The highest BCUT2D eigenvalue weighted by Crippen LogP contribution is 2.21. The fourth-order valence-corrected chi connectivity index (χ4v) is 3.85. The minimum atomic E-state index is -3.62. The lowest BCUT2D eigenvalue weighted by atomic mass is 10.1. The molecule has 0 saturated carbocycles. The Hall–Kier alpha value is -1.44. The van der Waals surface area contributed by atoms with Crippen LogP contribution in [0.15, 0.2) is 17.0 Å². The molecule has 1 rings (SSSR count). The van der Waals surface area contributed by atoms with Gasteiger partial charge in [0.1, 0.15) is 0 Å². The fraction of sp³-hybridized carbons (Fsp3) is 0.533. The lowest BCUT2D eigenvalue weighted by Crippen LogP contribution is -2.39. The molecule has 4 N–H and O–H groups in total. The molecule has 0 bridgehead atoms. The molecule has 0 aliphatic carbocycles. The molecule has 0 spiro atoms. The van der Waals surface area contributed by atoms with E-state index in [1.165, 1.54) is 0 Å². The molecule has 1 aromatic carbocycles. The summed E-state index contributed by atoms with van der Waals surface area (Å²) < 4.78 is 27.2. The SMILES string of the molecule is Cc1cc(C)c(S(=O)(=O)NCCC(=O)N[C@@H](C)CN)c(C)c1. The molecular weight excluding hydrogens is 302 g/mol. The molecule has 1 atom stereocenters. The Morgan fingerprint density at radius 1 is 1.23 bits per heavy atom. The van der Waals surface area contributed by atoms with E-state index in [2.05, 4.69) is 10.0 Å². The topological polar surface area (TPSA) is 101 Å². The number of amides is 1. The Morgan fingerprint density at radius 3 is 2.27 bits per heavy atom.